The zero-order valence-corrected chi connectivity index (χ0v) is 11.8. The Kier molecular flexibility index (Phi) is 5.88. The molecule has 0 aromatic heterocycles. The summed E-state index contributed by atoms with van der Waals surface area (Å²) in [7, 11) is 0. The molecule has 2 nitrogen and oxygen atoms in total. The summed E-state index contributed by atoms with van der Waals surface area (Å²) < 4.78 is 0. The van der Waals surface area contributed by atoms with Crippen LogP contribution in [0.15, 0.2) is 24.3 Å². The van der Waals surface area contributed by atoms with E-state index < -0.39 is 0 Å². The van der Waals surface area contributed by atoms with E-state index in [1.807, 2.05) is 13.8 Å². The lowest BCUT2D eigenvalue weighted by Gasteiger charge is -2.14. The maximum atomic E-state index is 8.90. The van der Waals surface area contributed by atoms with Crippen LogP contribution in [-0.2, 0) is 6.42 Å². The normalized spacial score (nSPS) is 11.2. The molecule has 0 amide bonds. The van der Waals surface area contributed by atoms with Crippen molar-refractivity contribution in [3.05, 3.63) is 35.4 Å². The minimum atomic E-state index is -0.182. The van der Waals surface area contributed by atoms with Gasteiger partial charge < -0.3 is 5.32 Å². The SMILES string of the molecule is Cc1cccc(CCNCCCC(C)(C)C#N)c1. The molecule has 1 rings (SSSR count). The van der Waals surface area contributed by atoms with Crippen LogP contribution in [0.3, 0.4) is 0 Å². The van der Waals surface area contributed by atoms with Crippen LogP contribution in [0.1, 0.15) is 37.8 Å². The van der Waals surface area contributed by atoms with Gasteiger partial charge in [0, 0.05) is 0 Å². The molecule has 18 heavy (non-hydrogen) atoms. The third-order valence-corrected chi connectivity index (χ3v) is 3.13. The molecule has 1 aromatic rings. The van der Waals surface area contributed by atoms with Gasteiger partial charge in [-0.25, -0.2) is 0 Å². The van der Waals surface area contributed by atoms with Gasteiger partial charge in [-0.2, -0.15) is 5.26 Å². The first-order valence-corrected chi connectivity index (χ1v) is 6.71. The summed E-state index contributed by atoms with van der Waals surface area (Å²) in [5.74, 6) is 0. The number of nitrogens with one attached hydrogen (secondary N) is 1. The Morgan fingerprint density at radius 3 is 2.72 bits per heavy atom. The number of nitriles is 1. The monoisotopic (exact) mass is 244 g/mol. The predicted octanol–water partition coefficient (Wildman–Crippen LogP) is 3.46. The summed E-state index contributed by atoms with van der Waals surface area (Å²) in [4.78, 5) is 0. The smallest absolute Gasteiger partial charge is 0.0683 e. The predicted molar refractivity (Wildman–Crippen MR) is 76.4 cm³/mol. The Bertz CT molecular complexity index is 402. The molecule has 0 unspecified atom stereocenters. The van der Waals surface area contributed by atoms with Crippen molar-refractivity contribution in [1.82, 2.24) is 5.32 Å². The first kappa shape index (κ1) is 14.7. The number of benzene rings is 1. The first-order valence-electron chi connectivity index (χ1n) is 6.71. The van der Waals surface area contributed by atoms with Gasteiger partial charge >= 0.3 is 0 Å². The van der Waals surface area contributed by atoms with E-state index in [1.165, 1.54) is 11.1 Å². The van der Waals surface area contributed by atoms with E-state index in [1.54, 1.807) is 0 Å². The van der Waals surface area contributed by atoms with Gasteiger partial charge in [0.15, 0.2) is 0 Å². The van der Waals surface area contributed by atoms with Gasteiger partial charge in [-0.05, 0) is 58.7 Å². The fraction of sp³-hybridized carbons (Fsp3) is 0.562. The third kappa shape index (κ3) is 5.84. The summed E-state index contributed by atoms with van der Waals surface area (Å²) in [6.07, 6.45) is 3.10. The van der Waals surface area contributed by atoms with E-state index in [9.17, 15) is 0 Å². The van der Waals surface area contributed by atoms with Gasteiger partial charge in [-0.1, -0.05) is 29.8 Å². The molecule has 0 fully saturated rings. The van der Waals surface area contributed by atoms with E-state index in [0.29, 0.717) is 0 Å². The molecule has 1 aromatic carbocycles. The highest BCUT2D eigenvalue weighted by molar-refractivity contribution is 5.22. The van der Waals surface area contributed by atoms with Gasteiger partial charge in [-0.3, -0.25) is 0 Å². The standard InChI is InChI=1S/C16H24N2/c1-14-6-4-7-15(12-14)8-11-18-10-5-9-16(2,3)13-17/h4,6-7,12,18H,5,8-11H2,1-3H3. The molecule has 0 spiro atoms. The van der Waals surface area contributed by atoms with Gasteiger partial charge in [0.25, 0.3) is 0 Å². The quantitative estimate of drug-likeness (QED) is 0.746. The molecule has 0 aliphatic rings. The minimum absolute atomic E-state index is 0.182. The largest absolute Gasteiger partial charge is 0.316 e. The van der Waals surface area contributed by atoms with Crippen LogP contribution in [0.5, 0.6) is 0 Å². The highest BCUT2D eigenvalue weighted by Crippen LogP contribution is 2.19. The molecule has 1 N–H and O–H groups in total. The zero-order chi connectivity index (χ0) is 13.4. The zero-order valence-electron chi connectivity index (χ0n) is 11.8. The lowest BCUT2D eigenvalue weighted by molar-refractivity contribution is 0.426. The molecule has 0 aliphatic carbocycles. The maximum Gasteiger partial charge on any atom is 0.0683 e. The van der Waals surface area contributed by atoms with Crippen molar-refractivity contribution < 1.29 is 0 Å². The fourth-order valence-corrected chi connectivity index (χ4v) is 1.94. The number of hydrogen-bond donors (Lipinski definition) is 1. The lowest BCUT2D eigenvalue weighted by atomic mass is 9.90. The fourth-order valence-electron chi connectivity index (χ4n) is 1.94. The lowest BCUT2D eigenvalue weighted by Crippen LogP contribution is -2.20. The molecule has 0 aliphatic heterocycles. The summed E-state index contributed by atoms with van der Waals surface area (Å²) in [6.45, 7) is 8.13. The van der Waals surface area contributed by atoms with Crippen molar-refractivity contribution in [2.75, 3.05) is 13.1 Å². The Morgan fingerprint density at radius 2 is 2.06 bits per heavy atom. The van der Waals surface area contributed by atoms with Crippen molar-refractivity contribution in [2.45, 2.75) is 40.0 Å². The number of rotatable bonds is 7. The van der Waals surface area contributed by atoms with Gasteiger partial charge in [-0.15, -0.1) is 0 Å². The molecule has 0 heterocycles. The van der Waals surface area contributed by atoms with Gasteiger partial charge in [0.2, 0.25) is 0 Å². The second kappa shape index (κ2) is 7.18. The van der Waals surface area contributed by atoms with E-state index in [2.05, 4.69) is 42.6 Å². The van der Waals surface area contributed by atoms with E-state index in [4.69, 9.17) is 5.26 Å². The maximum absolute atomic E-state index is 8.90. The molecular weight excluding hydrogens is 220 g/mol. The van der Waals surface area contributed by atoms with E-state index in [0.717, 1.165) is 32.4 Å². The molecule has 0 bridgehead atoms. The summed E-state index contributed by atoms with van der Waals surface area (Å²) in [6, 6.07) is 11.0. The molecule has 98 valence electrons. The molecule has 0 saturated carbocycles. The average Bonchev–Trinajstić information content (AvgIpc) is 2.34. The molecular formula is C16H24N2. The van der Waals surface area contributed by atoms with Crippen LogP contribution in [-0.4, -0.2) is 13.1 Å². The summed E-state index contributed by atoms with van der Waals surface area (Å²) in [5.41, 5.74) is 2.53. The minimum Gasteiger partial charge on any atom is -0.316 e. The molecule has 0 atom stereocenters. The Morgan fingerprint density at radius 1 is 1.28 bits per heavy atom. The van der Waals surface area contributed by atoms with Crippen molar-refractivity contribution in [2.24, 2.45) is 5.41 Å². The van der Waals surface area contributed by atoms with Crippen molar-refractivity contribution in [3.63, 3.8) is 0 Å². The van der Waals surface area contributed by atoms with Crippen LogP contribution < -0.4 is 5.32 Å². The van der Waals surface area contributed by atoms with Crippen LogP contribution >= 0.6 is 0 Å². The Balaban J connectivity index is 2.11. The highest BCUT2D eigenvalue weighted by atomic mass is 14.8. The number of nitrogens with zero attached hydrogens (tertiary/aromatic N) is 1. The van der Waals surface area contributed by atoms with Crippen LogP contribution in [0.25, 0.3) is 0 Å². The Labute approximate surface area is 111 Å². The highest BCUT2D eigenvalue weighted by Gasteiger charge is 2.14. The first-order chi connectivity index (χ1) is 8.53. The molecule has 2 heteroatoms. The second-order valence-corrected chi connectivity index (χ2v) is 5.59. The third-order valence-electron chi connectivity index (χ3n) is 3.13. The summed E-state index contributed by atoms with van der Waals surface area (Å²) >= 11 is 0. The molecule has 0 saturated heterocycles. The Hall–Kier alpha value is -1.33. The van der Waals surface area contributed by atoms with Gasteiger partial charge in [0.05, 0.1) is 11.5 Å². The van der Waals surface area contributed by atoms with Crippen molar-refractivity contribution >= 4 is 0 Å². The van der Waals surface area contributed by atoms with E-state index >= 15 is 0 Å². The van der Waals surface area contributed by atoms with E-state index in [-0.39, 0.29) is 5.41 Å². The summed E-state index contributed by atoms with van der Waals surface area (Å²) in [5, 5.41) is 12.3. The van der Waals surface area contributed by atoms with Crippen LogP contribution in [0, 0.1) is 23.7 Å². The second-order valence-electron chi connectivity index (χ2n) is 5.59. The average molecular weight is 244 g/mol. The number of aryl methyl sites for hydroxylation is 1. The van der Waals surface area contributed by atoms with Gasteiger partial charge in [0.1, 0.15) is 0 Å². The van der Waals surface area contributed by atoms with Crippen molar-refractivity contribution in [3.8, 4) is 6.07 Å². The van der Waals surface area contributed by atoms with Crippen LogP contribution in [0.2, 0.25) is 0 Å². The number of hydrogen-bond acceptors (Lipinski definition) is 2. The topological polar surface area (TPSA) is 35.8 Å². The van der Waals surface area contributed by atoms with Crippen molar-refractivity contribution in [1.29, 1.82) is 5.26 Å². The molecule has 0 radical (unpaired) electrons. The van der Waals surface area contributed by atoms with Crippen LogP contribution in [0.4, 0.5) is 0 Å².